The zero-order valence-corrected chi connectivity index (χ0v) is 11.5. The van der Waals surface area contributed by atoms with E-state index in [2.05, 4.69) is 0 Å². The summed E-state index contributed by atoms with van der Waals surface area (Å²) < 4.78 is 24.4. The molecule has 1 fully saturated rings. The topological polar surface area (TPSA) is 44.5 Å². The zero-order chi connectivity index (χ0) is 13.7. The summed E-state index contributed by atoms with van der Waals surface area (Å²) in [5.41, 5.74) is 6.63. The van der Waals surface area contributed by atoms with Gasteiger partial charge in [-0.2, -0.15) is 0 Å². The SMILES string of the molecule is NC(=S)c1cc(COCC2CCOCC2)ccc1F. The van der Waals surface area contributed by atoms with Gasteiger partial charge in [0, 0.05) is 18.8 Å². The molecule has 104 valence electrons. The van der Waals surface area contributed by atoms with Gasteiger partial charge in [-0.05, 0) is 36.5 Å². The lowest BCUT2D eigenvalue weighted by Crippen LogP contribution is -2.20. The van der Waals surface area contributed by atoms with Crippen molar-refractivity contribution in [2.75, 3.05) is 19.8 Å². The van der Waals surface area contributed by atoms with Crippen LogP contribution in [0.3, 0.4) is 0 Å². The van der Waals surface area contributed by atoms with Gasteiger partial charge in [0.2, 0.25) is 0 Å². The predicted molar refractivity (Wildman–Crippen MR) is 75.5 cm³/mol. The lowest BCUT2D eigenvalue weighted by Gasteiger charge is -2.21. The molecular weight excluding hydrogens is 265 g/mol. The number of nitrogens with two attached hydrogens (primary N) is 1. The fraction of sp³-hybridized carbons (Fsp3) is 0.500. The Hall–Kier alpha value is -1.04. The van der Waals surface area contributed by atoms with Crippen molar-refractivity contribution < 1.29 is 13.9 Å². The Kier molecular flexibility index (Phi) is 5.24. The second-order valence-electron chi connectivity index (χ2n) is 4.75. The Morgan fingerprint density at radius 3 is 2.84 bits per heavy atom. The summed E-state index contributed by atoms with van der Waals surface area (Å²) in [5.74, 6) is 0.171. The van der Waals surface area contributed by atoms with Gasteiger partial charge in [-0.1, -0.05) is 18.3 Å². The van der Waals surface area contributed by atoms with Crippen LogP contribution in [0.1, 0.15) is 24.0 Å². The van der Waals surface area contributed by atoms with Crippen LogP contribution in [-0.4, -0.2) is 24.8 Å². The largest absolute Gasteiger partial charge is 0.389 e. The first-order valence-electron chi connectivity index (χ1n) is 6.40. The van der Waals surface area contributed by atoms with Gasteiger partial charge in [0.05, 0.1) is 13.2 Å². The van der Waals surface area contributed by atoms with Gasteiger partial charge < -0.3 is 15.2 Å². The first-order chi connectivity index (χ1) is 9.16. The zero-order valence-electron chi connectivity index (χ0n) is 10.7. The maximum Gasteiger partial charge on any atom is 0.133 e. The third kappa shape index (κ3) is 4.23. The van der Waals surface area contributed by atoms with Crippen LogP contribution in [-0.2, 0) is 16.1 Å². The standard InChI is InChI=1S/C14H18FNO2S/c15-13-2-1-11(7-12(13)14(16)19)9-18-8-10-3-5-17-6-4-10/h1-2,7,10H,3-6,8-9H2,(H2,16,19). The van der Waals surface area contributed by atoms with Crippen LogP contribution < -0.4 is 5.73 Å². The van der Waals surface area contributed by atoms with Crippen LogP contribution in [0.15, 0.2) is 18.2 Å². The molecule has 0 aromatic heterocycles. The number of hydrogen-bond acceptors (Lipinski definition) is 3. The molecule has 2 N–H and O–H groups in total. The molecule has 1 aromatic rings. The van der Waals surface area contributed by atoms with Gasteiger partial charge in [-0.3, -0.25) is 0 Å². The van der Waals surface area contributed by atoms with Crippen LogP contribution in [0.25, 0.3) is 0 Å². The predicted octanol–water partition coefficient (Wildman–Crippen LogP) is 2.40. The van der Waals surface area contributed by atoms with Crippen molar-refractivity contribution in [3.8, 4) is 0 Å². The van der Waals surface area contributed by atoms with Gasteiger partial charge >= 0.3 is 0 Å². The molecule has 19 heavy (non-hydrogen) atoms. The van der Waals surface area contributed by atoms with E-state index >= 15 is 0 Å². The summed E-state index contributed by atoms with van der Waals surface area (Å²) in [6, 6.07) is 4.73. The van der Waals surface area contributed by atoms with Crippen molar-refractivity contribution in [1.82, 2.24) is 0 Å². The second kappa shape index (κ2) is 6.93. The molecule has 0 radical (unpaired) electrons. The first kappa shape index (κ1) is 14.4. The molecule has 0 aliphatic carbocycles. The van der Waals surface area contributed by atoms with Gasteiger partial charge in [0.1, 0.15) is 10.8 Å². The second-order valence-corrected chi connectivity index (χ2v) is 5.19. The van der Waals surface area contributed by atoms with E-state index < -0.39 is 0 Å². The maximum absolute atomic E-state index is 13.4. The summed E-state index contributed by atoms with van der Waals surface area (Å²) >= 11 is 4.81. The molecule has 2 rings (SSSR count). The van der Waals surface area contributed by atoms with Crippen molar-refractivity contribution >= 4 is 17.2 Å². The van der Waals surface area contributed by atoms with Crippen molar-refractivity contribution in [1.29, 1.82) is 0 Å². The highest BCUT2D eigenvalue weighted by atomic mass is 32.1. The van der Waals surface area contributed by atoms with E-state index in [-0.39, 0.29) is 16.4 Å². The highest BCUT2D eigenvalue weighted by molar-refractivity contribution is 7.80. The number of thiocarbonyl (C=S) groups is 1. The molecule has 1 aliphatic heterocycles. The van der Waals surface area contributed by atoms with E-state index in [1.807, 2.05) is 0 Å². The van der Waals surface area contributed by atoms with Crippen LogP contribution in [0.5, 0.6) is 0 Å². The number of ether oxygens (including phenoxy) is 2. The monoisotopic (exact) mass is 283 g/mol. The van der Waals surface area contributed by atoms with E-state index in [1.54, 1.807) is 12.1 Å². The van der Waals surface area contributed by atoms with E-state index in [9.17, 15) is 4.39 Å². The minimum Gasteiger partial charge on any atom is -0.389 e. The Morgan fingerprint density at radius 2 is 2.16 bits per heavy atom. The van der Waals surface area contributed by atoms with E-state index in [4.69, 9.17) is 27.4 Å². The van der Waals surface area contributed by atoms with E-state index in [1.165, 1.54) is 6.07 Å². The van der Waals surface area contributed by atoms with E-state index in [0.29, 0.717) is 19.1 Å². The lowest BCUT2D eigenvalue weighted by molar-refractivity contribution is 0.0157. The van der Waals surface area contributed by atoms with Gasteiger partial charge in [-0.25, -0.2) is 4.39 Å². The first-order valence-corrected chi connectivity index (χ1v) is 6.81. The van der Waals surface area contributed by atoms with Crippen molar-refractivity contribution in [3.05, 3.63) is 35.1 Å². The Balaban J connectivity index is 1.85. The molecule has 0 saturated carbocycles. The molecular formula is C14H18FNO2S. The lowest BCUT2D eigenvalue weighted by atomic mass is 10.0. The summed E-state index contributed by atoms with van der Waals surface area (Å²) in [6.45, 7) is 2.79. The highest BCUT2D eigenvalue weighted by Gasteiger charge is 2.14. The normalized spacial score (nSPS) is 16.5. The van der Waals surface area contributed by atoms with Gasteiger partial charge in [0.15, 0.2) is 0 Å². The molecule has 0 spiro atoms. The van der Waals surface area contributed by atoms with Crippen LogP contribution in [0.2, 0.25) is 0 Å². The minimum atomic E-state index is -0.388. The number of benzene rings is 1. The van der Waals surface area contributed by atoms with Gasteiger partial charge in [-0.15, -0.1) is 0 Å². The average molecular weight is 283 g/mol. The highest BCUT2D eigenvalue weighted by Crippen LogP contribution is 2.16. The van der Waals surface area contributed by atoms with Crippen molar-refractivity contribution in [2.24, 2.45) is 11.7 Å². The van der Waals surface area contributed by atoms with Crippen molar-refractivity contribution in [2.45, 2.75) is 19.4 Å². The quantitative estimate of drug-likeness (QED) is 0.843. The summed E-state index contributed by atoms with van der Waals surface area (Å²) in [5, 5.41) is 0. The third-order valence-electron chi connectivity index (χ3n) is 3.26. The Bertz CT molecular complexity index is 447. The fourth-order valence-corrected chi connectivity index (χ4v) is 2.26. The molecule has 1 aromatic carbocycles. The smallest absolute Gasteiger partial charge is 0.133 e. The molecule has 3 nitrogen and oxygen atoms in total. The number of hydrogen-bond donors (Lipinski definition) is 1. The van der Waals surface area contributed by atoms with Crippen LogP contribution in [0.4, 0.5) is 4.39 Å². The average Bonchev–Trinajstić information content (AvgIpc) is 2.41. The fourth-order valence-electron chi connectivity index (χ4n) is 2.11. The molecule has 1 heterocycles. The number of rotatable bonds is 5. The molecule has 5 heteroatoms. The maximum atomic E-state index is 13.4. The van der Waals surface area contributed by atoms with Gasteiger partial charge in [0.25, 0.3) is 0 Å². The minimum absolute atomic E-state index is 0.0729. The molecule has 0 unspecified atom stereocenters. The van der Waals surface area contributed by atoms with E-state index in [0.717, 1.165) is 31.6 Å². The Morgan fingerprint density at radius 1 is 1.42 bits per heavy atom. The third-order valence-corrected chi connectivity index (χ3v) is 3.48. The van der Waals surface area contributed by atoms with Crippen LogP contribution in [0, 0.1) is 11.7 Å². The Labute approximate surface area is 117 Å². The molecule has 0 bridgehead atoms. The molecule has 0 atom stereocenters. The summed E-state index contributed by atoms with van der Waals surface area (Å²) in [7, 11) is 0. The number of halogens is 1. The van der Waals surface area contributed by atoms with Crippen molar-refractivity contribution in [3.63, 3.8) is 0 Å². The summed E-state index contributed by atoms with van der Waals surface area (Å²) in [4.78, 5) is 0.0729. The molecule has 1 saturated heterocycles. The molecule has 1 aliphatic rings. The molecule has 0 amide bonds. The van der Waals surface area contributed by atoms with Crippen LogP contribution >= 0.6 is 12.2 Å². The summed E-state index contributed by atoms with van der Waals surface area (Å²) in [6.07, 6.45) is 2.09.